The smallest absolute Gasteiger partial charge is 0.139 e. The Bertz CT molecular complexity index is 2960. The molecular formula is C53H44N4. The third kappa shape index (κ3) is 5.74. The first-order chi connectivity index (χ1) is 27.9. The molecule has 0 N–H and O–H groups in total. The number of pyridine rings is 2. The van der Waals surface area contributed by atoms with E-state index in [2.05, 4.69) is 208 Å². The molecule has 1 aliphatic heterocycles. The second-order valence-electron chi connectivity index (χ2n) is 15.9. The van der Waals surface area contributed by atoms with Gasteiger partial charge in [0.2, 0.25) is 0 Å². The molecule has 0 unspecified atom stereocenters. The molecule has 4 nitrogen and oxygen atoms in total. The molecule has 0 aliphatic carbocycles. The molecule has 57 heavy (non-hydrogen) atoms. The number of hydrogen-bond donors (Lipinski definition) is 0. The van der Waals surface area contributed by atoms with Gasteiger partial charge < -0.3 is 4.57 Å². The van der Waals surface area contributed by atoms with E-state index < -0.39 is 0 Å². The molecule has 0 atom stereocenters. The Kier molecular flexibility index (Phi) is 8.37. The third-order valence-corrected chi connectivity index (χ3v) is 11.6. The average Bonchev–Trinajstić information content (AvgIpc) is 3.52. The molecule has 0 radical (unpaired) electrons. The molecule has 276 valence electrons. The van der Waals surface area contributed by atoms with Crippen molar-refractivity contribution in [2.75, 3.05) is 4.90 Å². The van der Waals surface area contributed by atoms with Crippen LogP contribution in [0.4, 0.5) is 17.3 Å². The molecule has 0 saturated carbocycles. The van der Waals surface area contributed by atoms with Crippen LogP contribution < -0.4 is 4.90 Å². The van der Waals surface area contributed by atoms with Gasteiger partial charge in [0.1, 0.15) is 11.6 Å². The first-order valence-electron chi connectivity index (χ1n) is 20.1. The van der Waals surface area contributed by atoms with E-state index in [0.717, 1.165) is 56.7 Å². The highest BCUT2D eigenvalue weighted by atomic mass is 15.2. The van der Waals surface area contributed by atoms with Crippen LogP contribution in [-0.4, -0.2) is 14.5 Å². The van der Waals surface area contributed by atoms with Crippen molar-refractivity contribution in [2.24, 2.45) is 0 Å². The Balaban J connectivity index is 1.23. The molecule has 4 heteroatoms. The van der Waals surface area contributed by atoms with Crippen LogP contribution in [0.5, 0.6) is 0 Å². The number of nitrogens with zero attached hydrogens (tertiary/aromatic N) is 4. The predicted octanol–water partition coefficient (Wildman–Crippen LogP) is 14.6. The number of aryl methyl sites for hydroxylation is 1. The van der Waals surface area contributed by atoms with E-state index in [9.17, 15) is 0 Å². The minimum absolute atomic E-state index is 0.271. The van der Waals surface area contributed by atoms with Crippen molar-refractivity contribution in [3.8, 4) is 50.5 Å². The van der Waals surface area contributed by atoms with Gasteiger partial charge in [0.25, 0.3) is 0 Å². The molecule has 0 bridgehead atoms. The highest BCUT2D eigenvalue weighted by Gasteiger charge is 2.29. The van der Waals surface area contributed by atoms with Gasteiger partial charge in [0.15, 0.2) is 0 Å². The molecule has 10 rings (SSSR count). The second-order valence-corrected chi connectivity index (χ2v) is 15.9. The van der Waals surface area contributed by atoms with Gasteiger partial charge in [-0.15, -0.1) is 0 Å². The molecule has 0 fully saturated rings. The SMILES string of the molecule is Cc1ccc(-c2cccc(-c3cccc(N(c4ccc5c(n4)-c4cccc6c7ccccc7n(c46)-c4ccccc4-5)c4c(C(C)C)cccc4C(C)C)n3)c2)cc1. The number of hydrogen-bond acceptors (Lipinski definition) is 3. The number of rotatable bonds is 7. The number of benzene rings is 6. The maximum Gasteiger partial charge on any atom is 0.139 e. The highest BCUT2D eigenvalue weighted by Crippen LogP contribution is 2.49. The van der Waals surface area contributed by atoms with E-state index in [4.69, 9.17) is 9.97 Å². The molecule has 3 aromatic heterocycles. The number of anilines is 3. The summed E-state index contributed by atoms with van der Waals surface area (Å²) >= 11 is 0. The minimum atomic E-state index is 0.271. The summed E-state index contributed by atoms with van der Waals surface area (Å²) < 4.78 is 2.44. The lowest BCUT2D eigenvalue weighted by Crippen LogP contribution is -2.18. The van der Waals surface area contributed by atoms with Gasteiger partial charge in [-0.1, -0.05) is 155 Å². The van der Waals surface area contributed by atoms with Crippen molar-refractivity contribution in [3.63, 3.8) is 0 Å². The largest absolute Gasteiger partial charge is 0.308 e. The van der Waals surface area contributed by atoms with Crippen molar-refractivity contribution in [1.29, 1.82) is 0 Å². The highest BCUT2D eigenvalue weighted by molar-refractivity contribution is 6.16. The monoisotopic (exact) mass is 736 g/mol. The van der Waals surface area contributed by atoms with Gasteiger partial charge in [0, 0.05) is 33.0 Å². The lowest BCUT2D eigenvalue weighted by molar-refractivity contribution is 0.828. The summed E-state index contributed by atoms with van der Waals surface area (Å²) in [5, 5.41) is 2.47. The van der Waals surface area contributed by atoms with E-state index in [1.165, 1.54) is 49.6 Å². The van der Waals surface area contributed by atoms with E-state index in [-0.39, 0.29) is 11.8 Å². The topological polar surface area (TPSA) is 34.0 Å². The van der Waals surface area contributed by atoms with Crippen molar-refractivity contribution in [3.05, 3.63) is 180 Å². The molecule has 1 aliphatic rings. The zero-order valence-corrected chi connectivity index (χ0v) is 33.0. The number of para-hydroxylation sites is 4. The maximum atomic E-state index is 5.76. The van der Waals surface area contributed by atoms with Crippen LogP contribution in [0.15, 0.2) is 164 Å². The summed E-state index contributed by atoms with van der Waals surface area (Å²) in [7, 11) is 0. The van der Waals surface area contributed by atoms with Crippen LogP contribution in [0.3, 0.4) is 0 Å². The summed E-state index contributed by atoms with van der Waals surface area (Å²) in [4.78, 5) is 13.6. The fourth-order valence-electron chi connectivity index (χ4n) is 8.78. The van der Waals surface area contributed by atoms with E-state index in [1.54, 1.807) is 0 Å². The Morgan fingerprint density at radius 3 is 1.95 bits per heavy atom. The van der Waals surface area contributed by atoms with Gasteiger partial charge in [-0.2, -0.15) is 0 Å². The molecular weight excluding hydrogens is 693 g/mol. The van der Waals surface area contributed by atoms with Crippen molar-refractivity contribution in [1.82, 2.24) is 14.5 Å². The first-order valence-corrected chi connectivity index (χ1v) is 20.1. The first kappa shape index (κ1) is 34.7. The van der Waals surface area contributed by atoms with Crippen LogP contribution in [0.1, 0.15) is 56.2 Å². The Morgan fingerprint density at radius 1 is 0.491 bits per heavy atom. The van der Waals surface area contributed by atoms with Crippen molar-refractivity contribution in [2.45, 2.75) is 46.5 Å². The average molecular weight is 737 g/mol. The molecule has 0 saturated heterocycles. The number of fused-ring (bicyclic) bond motifs is 8. The van der Waals surface area contributed by atoms with Crippen LogP contribution in [0.25, 0.3) is 72.3 Å². The summed E-state index contributed by atoms with van der Waals surface area (Å²) in [5.74, 6) is 2.21. The second kappa shape index (κ2) is 13.8. The maximum absolute atomic E-state index is 5.76. The fourth-order valence-corrected chi connectivity index (χ4v) is 8.78. The zero-order chi connectivity index (χ0) is 38.8. The van der Waals surface area contributed by atoms with E-state index >= 15 is 0 Å². The molecule has 4 heterocycles. The van der Waals surface area contributed by atoms with Gasteiger partial charge >= 0.3 is 0 Å². The van der Waals surface area contributed by atoms with Gasteiger partial charge in [-0.3, -0.25) is 4.90 Å². The zero-order valence-electron chi connectivity index (χ0n) is 33.0. The minimum Gasteiger partial charge on any atom is -0.308 e. The van der Waals surface area contributed by atoms with Crippen molar-refractivity contribution >= 4 is 39.1 Å². The lowest BCUT2D eigenvalue weighted by atomic mass is 9.91. The predicted molar refractivity (Wildman–Crippen MR) is 239 cm³/mol. The Morgan fingerprint density at radius 2 is 1.14 bits per heavy atom. The number of aromatic nitrogens is 3. The summed E-state index contributed by atoms with van der Waals surface area (Å²) in [6.45, 7) is 11.2. The molecule has 0 amide bonds. The Labute approximate surface area is 334 Å². The third-order valence-electron chi connectivity index (χ3n) is 11.6. The van der Waals surface area contributed by atoms with Gasteiger partial charge in [0.05, 0.1) is 33.8 Å². The van der Waals surface area contributed by atoms with Gasteiger partial charge in [-0.25, -0.2) is 9.97 Å². The quantitative estimate of drug-likeness (QED) is 0.163. The Hall–Kier alpha value is -6.78. The van der Waals surface area contributed by atoms with E-state index in [1.807, 2.05) is 0 Å². The lowest BCUT2D eigenvalue weighted by Gasteiger charge is -2.31. The van der Waals surface area contributed by atoms with Crippen LogP contribution in [0.2, 0.25) is 0 Å². The van der Waals surface area contributed by atoms with E-state index in [0.29, 0.717) is 0 Å². The van der Waals surface area contributed by atoms with Crippen LogP contribution in [0, 0.1) is 6.92 Å². The van der Waals surface area contributed by atoms with Crippen molar-refractivity contribution < 1.29 is 0 Å². The van der Waals surface area contributed by atoms with Crippen LogP contribution in [-0.2, 0) is 0 Å². The molecule has 0 spiro atoms. The summed E-state index contributed by atoms with van der Waals surface area (Å²) in [5.41, 5.74) is 17.2. The standard InChI is InChI=1S/C53H44N4/c1-33(2)39-18-11-19-40(34(3)4)52(39)57(49-25-13-22-46(54-49)38-15-10-14-37(32-38)36-28-26-35(5)27-29-36)50-31-30-43-41-16-6-8-23-47(41)56-48-24-9-7-17-42(48)44-20-12-21-45(53(44)56)51(43)55-50/h6-34H,1-5H3. The summed E-state index contributed by atoms with van der Waals surface area (Å²) in [6, 6.07) is 59.2. The van der Waals surface area contributed by atoms with Crippen LogP contribution >= 0.6 is 0 Å². The van der Waals surface area contributed by atoms with Gasteiger partial charge in [-0.05, 0) is 83.5 Å². The fraction of sp³-hybridized carbons (Fsp3) is 0.132. The summed E-state index contributed by atoms with van der Waals surface area (Å²) in [6.07, 6.45) is 0. The normalized spacial score (nSPS) is 11.9. The molecule has 6 aromatic carbocycles. The molecule has 9 aromatic rings.